The van der Waals surface area contributed by atoms with Crippen molar-refractivity contribution in [3.8, 4) is 23.0 Å². The molecule has 33 heavy (non-hydrogen) atoms. The zero-order valence-electron chi connectivity index (χ0n) is 17.6. The fourth-order valence-corrected chi connectivity index (χ4v) is 4.62. The molecule has 0 aliphatic carbocycles. The van der Waals surface area contributed by atoms with Crippen molar-refractivity contribution >= 4 is 11.8 Å². The summed E-state index contributed by atoms with van der Waals surface area (Å²) in [5, 5.41) is 20.0. The molecule has 1 atom stereocenters. The molecule has 6 N–H and O–H groups in total. The minimum atomic E-state index is -1.42. The molecule has 0 saturated carbocycles. The van der Waals surface area contributed by atoms with E-state index in [2.05, 4.69) is 0 Å². The molecule has 0 bridgehead atoms. The third-order valence-electron chi connectivity index (χ3n) is 6.12. The molecule has 5 rings (SSSR count). The Morgan fingerprint density at radius 2 is 1.61 bits per heavy atom. The third-order valence-corrected chi connectivity index (χ3v) is 6.12. The first-order chi connectivity index (χ1) is 15.9. The highest BCUT2D eigenvalue weighted by molar-refractivity contribution is 6.11. The molecule has 0 radical (unpaired) electrons. The Morgan fingerprint density at radius 3 is 2.21 bits per heavy atom. The van der Waals surface area contributed by atoms with Gasteiger partial charge in [0, 0.05) is 34.4 Å². The molecule has 2 aliphatic heterocycles. The van der Waals surface area contributed by atoms with Crippen molar-refractivity contribution in [1.29, 1.82) is 0 Å². The molecule has 168 valence electrons. The van der Waals surface area contributed by atoms with Crippen LogP contribution in [-0.2, 0) is 10.3 Å². The van der Waals surface area contributed by atoms with E-state index in [1.54, 1.807) is 30.3 Å². The Hall–Kier alpha value is -3.88. The van der Waals surface area contributed by atoms with Gasteiger partial charge in [0.1, 0.15) is 23.0 Å². The number of fused-ring (bicyclic) bond motifs is 6. The predicted octanol–water partition coefficient (Wildman–Crippen LogP) is 2.91. The lowest BCUT2D eigenvalue weighted by atomic mass is 9.76. The van der Waals surface area contributed by atoms with Crippen molar-refractivity contribution in [2.45, 2.75) is 24.5 Å². The summed E-state index contributed by atoms with van der Waals surface area (Å²) in [7, 11) is 0. The maximum Gasteiger partial charge on any atom is 0.340 e. The Bertz CT molecular complexity index is 1250. The first-order valence-electron chi connectivity index (χ1n) is 10.6. The second-order valence-corrected chi connectivity index (χ2v) is 8.16. The van der Waals surface area contributed by atoms with E-state index in [-0.39, 0.29) is 39.9 Å². The fourth-order valence-electron chi connectivity index (χ4n) is 4.62. The highest BCUT2D eigenvalue weighted by atomic mass is 16.6. The molecule has 0 aromatic heterocycles. The van der Waals surface area contributed by atoms with E-state index in [1.165, 1.54) is 24.3 Å². The third kappa shape index (κ3) is 3.06. The summed E-state index contributed by atoms with van der Waals surface area (Å²) < 4.78 is 12.0. The Balaban J connectivity index is 1.75. The first-order valence-corrected chi connectivity index (χ1v) is 10.6. The quantitative estimate of drug-likeness (QED) is 0.346. The molecule has 3 aromatic carbocycles. The smallest absolute Gasteiger partial charge is 0.340 e. The van der Waals surface area contributed by atoms with Crippen molar-refractivity contribution in [2.24, 2.45) is 11.5 Å². The van der Waals surface area contributed by atoms with E-state index in [9.17, 15) is 19.8 Å². The number of aromatic hydroxyl groups is 2. The molecule has 2 heterocycles. The molecule has 0 amide bonds. The molecule has 0 fully saturated rings. The number of ketones is 1. The van der Waals surface area contributed by atoms with Gasteiger partial charge in [-0.2, -0.15) is 0 Å². The SMILES string of the molecule is NCCC[C@@H](N)C(=O)c1cccc2c1C(=O)OC21c2ccc(O)cc2Oc2cc(O)ccc21. The van der Waals surface area contributed by atoms with E-state index in [1.807, 2.05) is 0 Å². The number of benzene rings is 3. The van der Waals surface area contributed by atoms with Crippen LogP contribution in [0.25, 0.3) is 0 Å². The Kier molecular flexibility index (Phi) is 4.84. The Morgan fingerprint density at radius 1 is 0.970 bits per heavy atom. The summed E-state index contributed by atoms with van der Waals surface area (Å²) in [6, 6.07) is 13.2. The van der Waals surface area contributed by atoms with Crippen LogP contribution in [0, 0.1) is 0 Å². The van der Waals surface area contributed by atoms with Gasteiger partial charge < -0.3 is 31.2 Å². The van der Waals surface area contributed by atoms with Gasteiger partial charge in [0.25, 0.3) is 0 Å². The molecule has 3 aromatic rings. The van der Waals surface area contributed by atoms with Crippen molar-refractivity contribution < 1.29 is 29.3 Å². The number of Topliss-reactive ketones (excluding diaryl/α,β-unsaturated/α-hetero) is 1. The molecule has 8 nitrogen and oxygen atoms in total. The van der Waals surface area contributed by atoms with Crippen LogP contribution in [0.4, 0.5) is 0 Å². The molecular weight excluding hydrogens is 424 g/mol. The van der Waals surface area contributed by atoms with Crippen LogP contribution < -0.4 is 16.2 Å². The van der Waals surface area contributed by atoms with Crippen molar-refractivity contribution in [2.75, 3.05) is 6.54 Å². The number of hydrogen-bond donors (Lipinski definition) is 4. The fraction of sp³-hybridized carbons (Fsp3) is 0.200. The van der Waals surface area contributed by atoms with Crippen LogP contribution >= 0.6 is 0 Å². The van der Waals surface area contributed by atoms with Gasteiger partial charge in [-0.3, -0.25) is 4.79 Å². The summed E-state index contributed by atoms with van der Waals surface area (Å²) >= 11 is 0. The maximum atomic E-state index is 13.3. The summed E-state index contributed by atoms with van der Waals surface area (Å²) in [5.41, 5.74) is 12.0. The average molecular weight is 446 g/mol. The number of esters is 1. The number of ether oxygens (including phenoxy) is 2. The van der Waals surface area contributed by atoms with Gasteiger partial charge in [-0.05, 0) is 43.7 Å². The van der Waals surface area contributed by atoms with Gasteiger partial charge in [-0.1, -0.05) is 18.2 Å². The van der Waals surface area contributed by atoms with E-state index in [0.29, 0.717) is 36.1 Å². The number of carbonyl (C=O) groups is 2. The molecule has 8 heteroatoms. The lowest BCUT2D eigenvalue weighted by Gasteiger charge is -2.36. The molecule has 2 aliphatic rings. The van der Waals surface area contributed by atoms with Crippen molar-refractivity contribution in [1.82, 2.24) is 0 Å². The average Bonchev–Trinajstić information content (AvgIpc) is 3.09. The van der Waals surface area contributed by atoms with Gasteiger partial charge in [0.15, 0.2) is 11.4 Å². The van der Waals surface area contributed by atoms with Crippen LogP contribution in [-0.4, -0.2) is 34.6 Å². The zero-order chi connectivity index (χ0) is 23.3. The largest absolute Gasteiger partial charge is 0.508 e. The van der Waals surface area contributed by atoms with Gasteiger partial charge in [-0.25, -0.2) is 4.79 Å². The molecule has 0 saturated heterocycles. The number of nitrogens with two attached hydrogens (primary N) is 2. The van der Waals surface area contributed by atoms with Gasteiger partial charge in [-0.15, -0.1) is 0 Å². The highest BCUT2D eigenvalue weighted by Crippen LogP contribution is 2.57. The number of carbonyl (C=O) groups excluding carboxylic acids is 2. The Labute approximate surface area is 189 Å². The normalized spacial score (nSPS) is 15.8. The summed E-state index contributed by atoms with van der Waals surface area (Å²) in [6.07, 6.45) is 0.985. The van der Waals surface area contributed by atoms with Gasteiger partial charge in [0.2, 0.25) is 0 Å². The first kappa shape index (κ1) is 21.0. The van der Waals surface area contributed by atoms with Crippen LogP contribution in [0.3, 0.4) is 0 Å². The van der Waals surface area contributed by atoms with E-state index in [0.717, 1.165) is 0 Å². The lowest BCUT2D eigenvalue weighted by molar-refractivity contribution is 0.0223. The number of phenolic OH excluding ortho intramolecular Hbond substituents is 2. The van der Waals surface area contributed by atoms with E-state index >= 15 is 0 Å². The summed E-state index contributed by atoms with van der Waals surface area (Å²) in [5.74, 6) is -0.563. The number of phenols is 2. The van der Waals surface area contributed by atoms with Crippen LogP contribution in [0.15, 0.2) is 54.6 Å². The maximum absolute atomic E-state index is 13.3. The van der Waals surface area contributed by atoms with Crippen LogP contribution in [0.5, 0.6) is 23.0 Å². The molecule has 0 unspecified atom stereocenters. The summed E-state index contributed by atoms with van der Waals surface area (Å²) in [6.45, 7) is 0.409. The minimum Gasteiger partial charge on any atom is -0.508 e. The predicted molar refractivity (Wildman–Crippen MR) is 119 cm³/mol. The van der Waals surface area contributed by atoms with E-state index < -0.39 is 17.6 Å². The monoisotopic (exact) mass is 446 g/mol. The second-order valence-electron chi connectivity index (χ2n) is 8.16. The van der Waals surface area contributed by atoms with Crippen molar-refractivity contribution in [3.63, 3.8) is 0 Å². The topological polar surface area (TPSA) is 145 Å². The second kappa shape index (κ2) is 7.61. The van der Waals surface area contributed by atoms with E-state index in [4.69, 9.17) is 20.9 Å². The number of hydrogen-bond acceptors (Lipinski definition) is 8. The highest BCUT2D eigenvalue weighted by Gasteiger charge is 2.54. The standard InChI is InChI=1S/C25H22N2O6/c26-10-2-5-19(27)23(30)15-3-1-4-18-22(15)24(31)33-25(18)16-8-6-13(28)11-20(16)32-21-12-14(29)7-9-17(21)25/h1,3-4,6-9,11-12,19,28-29H,2,5,10,26-27H2/t19-/m1/s1. The molecular formula is C25H22N2O6. The van der Waals surface area contributed by atoms with Crippen LogP contribution in [0.1, 0.15) is 50.2 Å². The van der Waals surface area contributed by atoms with Crippen LogP contribution in [0.2, 0.25) is 0 Å². The lowest BCUT2D eigenvalue weighted by Crippen LogP contribution is -2.33. The van der Waals surface area contributed by atoms with Crippen molar-refractivity contribution in [3.05, 3.63) is 82.4 Å². The number of rotatable bonds is 5. The molecule has 1 spiro atoms. The zero-order valence-corrected chi connectivity index (χ0v) is 17.6. The summed E-state index contributed by atoms with van der Waals surface area (Å²) in [4.78, 5) is 26.4. The van der Waals surface area contributed by atoms with Gasteiger partial charge in [0.05, 0.1) is 11.6 Å². The minimum absolute atomic E-state index is 0.0353. The van der Waals surface area contributed by atoms with Gasteiger partial charge >= 0.3 is 5.97 Å².